The summed E-state index contributed by atoms with van der Waals surface area (Å²) in [5, 5.41) is 4.97. The first kappa shape index (κ1) is 11.8. The van der Waals surface area contributed by atoms with Crippen molar-refractivity contribution in [2.24, 2.45) is 0 Å². The highest BCUT2D eigenvalue weighted by Gasteiger charge is 2.11. The number of fused-ring (bicyclic) bond motifs is 2. The van der Waals surface area contributed by atoms with E-state index in [2.05, 4.69) is 15.3 Å². The Bertz CT molecular complexity index is 916. The third-order valence-corrected chi connectivity index (χ3v) is 3.61. The van der Waals surface area contributed by atoms with Gasteiger partial charge in [-0.05, 0) is 18.2 Å². The summed E-state index contributed by atoms with van der Waals surface area (Å²) in [7, 11) is 0. The highest BCUT2D eigenvalue weighted by molar-refractivity contribution is 6.09. The van der Waals surface area contributed by atoms with Crippen LogP contribution >= 0.6 is 0 Å². The van der Waals surface area contributed by atoms with Crippen molar-refractivity contribution in [3.05, 3.63) is 66.5 Å². The predicted molar refractivity (Wildman–Crippen MR) is 84.6 cm³/mol. The normalized spacial score (nSPS) is 11.0. The Morgan fingerprint density at radius 3 is 2.57 bits per heavy atom. The number of H-pyrrole nitrogens is 2. The highest BCUT2D eigenvalue weighted by atomic mass is 16.1. The van der Waals surface area contributed by atoms with Crippen molar-refractivity contribution in [1.82, 2.24) is 9.97 Å². The van der Waals surface area contributed by atoms with Crippen LogP contribution in [0.25, 0.3) is 21.8 Å². The highest BCUT2D eigenvalue weighted by Crippen LogP contribution is 2.23. The lowest BCUT2D eigenvalue weighted by atomic mass is 10.2. The Labute approximate surface area is 120 Å². The molecule has 0 spiro atoms. The first-order valence-corrected chi connectivity index (χ1v) is 6.76. The van der Waals surface area contributed by atoms with Crippen molar-refractivity contribution >= 4 is 33.4 Å². The van der Waals surface area contributed by atoms with E-state index >= 15 is 0 Å². The van der Waals surface area contributed by atoms with E-state index in [1.807, 2.05) is 60.8 Å². The van der Waals surface area contributed by atoms with Crippen LogP contribution in [0.5, 0.6) is 0 Å². The van der Waals surface area contributed by atoms with Gasteiger partial charge in [-0.1, -0.05) is 36.4 Å². The molecular formula is C17H13N3O. The zero-order valence-electron chi connectivity index (χ0n) is 11.2. The number of rotatable bonds is 2. The van der Waals surface area contributed by atoms with Gasteiger partial charge in [0.1, 0.15) is 5.69 Å². The largest absolute Gasteiger partial charge is 0.359 e. The Morgan fingerprint density at radius 1 is 0.952 bits per heavy atom. The molecule has 0 unspecified atom stereocenters. The van der Waals surface area contributed by atoms with Gasteiger partial charge < -0.3 is 15.3 Å². The second-order valence-corrected chi connectivity index (χ2v) is 4.97. The fourth-order valence-corrected chi connectivity index (χ4v) is 2.56. The molecule has 4 heteroatoms. The SMILES string of the molecule is O=C(Nc1c[nH]c2ccccc12)c1cc2ccccc2[nH]1. The van der Waals surface area contributed by atoms with Gasteiger partial charge in [0, 0.05) is 28.0 Å². The second-order valence-electron chi connectivity index (χ2n) is 4.97. The molecule has 0 fully saturated rings. The van der Waals surface area contributed by atoms with Crippen molar-refractivity contribution in [2.75, 3.05) is 5.32 Å². The van der Waals surface area contributed by atoms with Gasteiger partial charge in [0.25, 0.3) is 5.91 Å². The van der Waals surface area contributed by atoms with E-state index in [1.54, 1.807) is 0 Å². The number of hydrogen-bond donors (Lipinski definition) is 3. The lowest BCUT2D eigenvalue weighted by molar-refractivity contribution is 0.102. The van der Waals surface area contributed by atoms with Crippen LogP contribution in [0.2, 0.25) is 0 Å². The maximum absolute atomic E-state index is 12.4. The van der Waals surface area contributed by atoms with Crippen molar-refractivity contribution in [3.63, 3.8) is 0 Å². The van der Waals surface area contributed by atoms with E-state index in [0.29, 0.717) is 5.69 Å². The van der Waals surface area contributed by atoms with Gasteiger partial charge in [0.15, 0.2) is 0 Å². The van der Waals surface area contributed by atoms with Crippen LogP contribution in [0.1, 0.15) is 10.5 Å². The van der Waals surface area contributed by atoms with Gasteiger partial charge in [-0.2, -0.15) is 0 Å². The summed E-state index contributed by atoms with van der Waals surface area (Å²) in [6, 6.07) is 17.6. The average molecular weight is 275 g/mol. The van der Waals surface area contributed by atoms with E-state index in [0.717, 1.165) is 27.5 Å². The fourth-order valence-electron chi connectivity index (χ4n) is 2.56. The van der Waals surface area contributed by atoms with Gasteiger partial charge >= 0.3 is 0 Å². The lowest BCUT2D eigenvalue weighted by Crippen LogP contribution is -2.11. The number of nitrogens with one attached hydrogen (secondary N) is 3. The van der Waals surface area contributed by atoms with Crippen LogP contribution < -0.4 is 5.32 Å². The summed E-state index contributed by atoms with van der Waals surface area (Å²) in [6.45, 7) is 0. The third-order valence-electron chi connectivity index (χ3n) is 3.61. The fraction of sp³-hybridized carbons (Fsp3) is 0. The van der Waals surface area contributed by atoms with Crippen molar-refractivity contribution in [2.45, 2.75) is 0 Å². The summed E-state index contributed by atoms with van der Waals surface area (Å²) in [5.74, 6) is -0.143. The van der Waals surface area contributed by atoms with Crippen LogP contribution in [0.15, 0.2) is 60.8 Å². The Morgan fingerprint density at radius 2 is 1.71 bits per heavy atom. The molecule has 2 aromatic heterocycles. The van der Waals surface area contributed by atoms with Crippen LogP contribution in [0.3, 0.4) is 0 Å². The number of carbonyl (C=O) groups is 1. The molecule has 2 aromatic carbocycles. The number of para-hydroxylation sites is 2. The number of hydrogen-bond acceptors (Lipinski definition) is 1. The third kappa shape index (κ3) is 1.97. The first-order chi connectivity index (χ1) is 10.3. The van der Waals surface area contributed by atoms with Crippen molar-refractivity contribution in [1.29, 1.82) is 0 Å². The molecular weight excluding hydrogens is 262 g/mol. The standard InChI is InChI=1S/C17H13N3O/c21-17(15-9-11-5-1-3-7-13(11)19-15)20-16-10-18-14-8-4-2-6-12(14)16/h1-10,18-19H,(H,20,21). The molecule has 4 nitrogen and oxygen atoms in total. The van der Waals surface area contributed by atoms with Gasteiger partial charge in [-0.15, -0.1) is 0 Å². The van der Waals surface area contributed by atoms with Gasteiger partial charge in [0.2, 0.25) is 0 Å². The second kappa shape index (κ2) is 4.52. The zero-order valence-corrected chi connectivity index (χ0v) is 11.2. The Hall–Kier alpha value is -3.01. The monoisotopic (exact) mass is 275 g/mol. The molecule has 0 bridgehead atoms. The Balaban J connectivity index is 1.69. The molecule has 0 aliphatic heterocycles. The molecule has 0 aliphatic carbocycles. The number of amides is 1. The van der Waals surface area contributed by atoms with E-state index in [-0.39, 0.29) is 5.91 Å². The van der Waals surface area contributed by atoms with E-state index in [1.165, 1.54) is 0 Å². The summed E-state index contributed by atoms with van der Waals surface area (Å²) in [5.41, 5.74) is 3.31. The van der Waals surface area contributed by atoms with Crippen LogP contribution in [-0.2, 0) is 0 Å². The van der Waals surface area contributed by atoms with Gasteiger partial charge in [0.05, 0.1) is 5.69 Å². The summed E-state index contributed by atoms with van der Waals surface area (Å²) < 4.78 is 0. The topological polar surface area (TPSA) is 60.7 Å². The maximum Gasteiger partial charge on any atom is 0.272 e. The smallest absolute Gasteiger partial charge is 0.272 e. The van der Waals surface area contributed by atoms with Crippen LogP contribution in [0.4, 0.5) is 5.69 Å². The molecule has 0 saturated carbocycles. The number of benzene rings is 2. The number of anilines is 1. The molecule has 4 aromatic rings. The summed E-state index contributed by atoms with van der Waals surface area (Å²) >= 11 is 0. The minimum absolute atomic E-state index is 0.143. The molecule has 21 heavy (non-hydrogen) atoms. The first-order valence-electron chi connectivity index (χ1n) is 6.76. The number of aromatic nitrogens is 2. The summed E-state index contributed by atoms with van der Waals surface area (Å²) in [6.07, 6.45) is 1.81. The predicted octanol–water partition coefficient (Wildman–Crippen LogP) is 3.90. The molecule has 1 amide bonds. The zero-order chi connectivity index (χ0) is 14.2. The Kier molecular flexibility index (Phi) is 2.54. The molecule has 0 radical (unpaired) electrons. The van der Waals surface area contributed by atoms with Crippen LogP contribution in [0, 0.1) is 0 Å². The molecule has 2 heterocycles. The maximum atomic E-state index is 12.4. The lowest BCUT2D eigenvalue weighted by Gasteiger charge is -2.01. The van der Waals surface area contributed by atoms with Gasteiger partial charge in [-0.25, -0.2) is 0 Å². The minimum Gasteiger partial charge on any atom is -0.359 e. The van der Waals surface area contributed by atoms with Crippen molar-refractivity contribution < 1.29 is 4.79 Å². The minimum atomic E-state index is -0.143. The summed E-state index contributed by atoms with van der Waals surface area (Å²) in [4.78, 5) is 18.6. The van der Waals surface area contributed by atoms with Crippen LogP contribution in [-0.4, -0.2) is 15.9 Å². The molecule has 0 atom stereocenters. The molecule has 0 aliphatic rings. The van der Waals surface area contributed by atoms with E-state index in [9.17, 15) is 4.79 Å². The van der Waals surface area contributed by atoms with E-state index < -0.39 is 0 Å². The van der Waals surface area contributed by atoms with E-state index in [4.69, 9.17) is 0 Å². The van der Waals surface area contributed by atoms with Gasteiger partial charge in [-0.3, -0.25) is 4.79 Å². The molecule has 102 valence electrons. The van der Waals surface area contributed by atoms with Crippen molar-refractivity contribution in [3.8, 4) is 0 Å². The molecule has 3 N–H and O–H groups in total. The average Bonchev–Trinajstić information content (AvgIpc) is 3.11. The molecule has 4 rings (SSSR count). The quantitative estimate of drug-likeness (QED) is 0.510. The molecule has 0 saturated heterocycles. The number of aromatic amines is 2. The number of carbonyl (C=O) groups excluding carboxylic acids is 1.